The third-order valence-electron chi connectivity index (χ3n) is 4.48. The number of ether oxygens (including phenoxy) is 1. The van der Waals surface area contributed by atoms with Gasteiger partial charge in [-0.25, -0.2) is 4.79 Å². The molecule has 1 saturated heterocycles. The average Bonchev–Trinajstić information content (AvgIpc) is 2.92. The van der Waals surface area contributed by atoms with Crippen LogP contribution in [0.25, 0.3) is 0 Å². The van der Waals surface area contributed by atoms with Gasteiger partial charge in [0.25, 0.3) is 5.88 Å². The van der Waals surface area contributed by atoms with Gasteiger partial charge >= 0.3 is 21.7 Å². The second-order valence-corrected chi connectivity index (χ2v) is 9.50. The first-order valence-electron chi connectivity index (χ1n) is 8.22. The number of fused-ring (bicyclic) bond motifs is 2. The highest BCUT2D eigenvalue weighted by atomic mass is 32.2. The van der Waals surface area contributed by atoms with Crippen molar-refractivity contribution >= 4 is 16.2 Å². The van der Waals surface area contributed by atoms with Crippen molar-refractivity contribution in [2.24, 2.45) is 0 Å². The molecule has 1 fully saturated rings. The van der Waals surface area contributed by atoms with Crippen LogP contribution in [0.4, 0.5) is 18.0 Å². The van der Waals surface area contributed by atoms with E-state index in [1.165, 1.54) is 15.6 Å². The zero-order valence-corrected chi connectivity index (χ0v) is 16.0. The van der Waals surface area contributed by atoms with Crippen LogP contribution in [-0.2, 0) is 20.3 Å². The monoisotopic (exact) mass is 411 g/mol. The molecule has 1 atom stereocenters. The Morgan fingerprint density at radius 2 is 1.89 bits per heavy atom. The number of halogens is 3. The maximum Gasteiger partial charge on any atom is 0.534 e. The molecule has 12 heteroatoms. The number of nitrogens with zero attached hydrogens (tertiary/aromatic N) is 3. The number of carbonyl (C=O) groups excluding carboxylic acids is 1. The number of likely N-dealkylation sites (tertiary alicyclic amines) is 1. The van der Waals surface area contributed by atoms with E-state index >= 15 is 0 Å². The summed E-state index contributed by atoms with van der Waals surface area (Å²) in [6.07, 6.45) is 0.149. The quantitative estimate of drug-likeness (QED) is 0.549. The first-order chi connectivity index (χ1) is 12.1. The summed E-state index contributed by atoms with van der Waals surface area (Å²) in [4.78, 5) is 13.6. The number of hydrogen-bond donors (Lipinski definition) is 0. The van der Waals surface area contributed by atoms with E-state index in [0.717, 1.165) is 0 Å². The number of aromatic nitrogens is 2. The Hall–Kier alpha value is -1.98. The summed E-state index contributed by atoms with van der Waals surface area (Å²) in [5, 5.41) is 3.86. The fourth-order valence-electron chi connectivity index (χ4n) is 3.49. The molecule has 0 aromatic carbocycles. The lowest BCUT2D eigenvalue weighted by atomic mass is 9.75. The van der Waals surface area contributed by atoms with Crippen molar-refractivity contribution in [2.75, 3.05) is 13.1 Å². The van der Waals surface area contributed by atoms with Crippen LogP contribution in [0.1, 0.15) is 45.9 Å². The molecule has 2 aliphatic heterocycles. The largest absolute Gasteiger partial charge is 0.534 e. The molecule has 0 bridgehead atoms. The van der Waals surface area contributed by atoms with Crippen LogP contribution in [0.15, 0.2) is 6.07 Å². The van der Waals surface area contributed by atoms with E-state index in [1.807, 2.05) is 6.92 Å². The van der Waals surface area contributed by atoms with Crippen LogP contribution in [0, 0.1) is 0 Å². The number of rotatable bonds is 2. The molecule has 8 nitrogen and oxygen atoms in total. The molecule has 1 unspecified atom stereocenters. The third-order valence-corrected chi connectivity index (χ3v) is 5.43. The van der Waals surface area contributed by atoms with Crippen molar-refractivity contribution in [3.8, 4) is 5.88 Å². The Morgan fingerprint density at radius 3 is 2.41 bits per heavy atom. The van der Waals surface area contributed by atoms with Gasteiger partial charge in [0.1, 0.15) is 5.60 Å². The van der Waals surface area contributed by atoms with Crippen LogP contribution in [-0.4, -0.2) is 53.4 Å². The number of alkyl halides is 3. The maximum absolute atomic E-state index is 12.5. The van der Waals surface area contributed by atoms with Gasteiger partial charge < -0.3 is 13.8 Å². The minimum Gasteiger partial charge on any atom is -0.444 e. The van der Waals surface area contributed by atoms with E-state index in [9.17, 15) is 26.4 Å². The van der Waals surface area contributed by atoms with E-state index in [2.05, 4.69) is 9.28 Å². The lowest BCUT2D eigenvalue weighted by molar-refractivity contribution is -0.0501. The molecule has 152 valence electrons. The van der Waals surface area contributed by atoms with Gasteiger partial charge in [0.15, 0.2) is 0 Å². The molecule has 0 saturated carbocycles. The van der Waals surface area contributed by atoms with Crippen LogP contribution >= 0.6 is 0 Å². The molecule has 0 N–H and O–H groups in total. The summed E-state index contributed by atoms with van der Waals surface area (Å²) in [6, 6.07) is 1.02. The van der Waals surface area contributed by atoms with Gasteiger partial charge in [-0.3, -0.25) is 4.68 Å². The first kappa shape index (κ1) is 19.8. The summed E-state index contributed by atoms with van der Waals surface area (Å²) in [5.74, 6) is -0.635. The molecule has 3 heterocycles. The van der Waals surface area contributed by atoms with Crippen LogP contribution in [0.5, 0.6) is 5.88 Å². The van der Waals surface area contributed by atoms with E-state index in [-0.39, 0.29) is 6.04 Å². The zero-order chi connectivity index (χ0) is 20.4. The zero-order valence-electron chi connectivity index (χ0n) is 15.2. The number of carbonyl (C=O) groups is 1. The van der Waals surface area contributed by atoms with Gasteiger partial charge in [-0.15, -0.1) is 5.10 Å². The smallest absolute Gasteiger partial charge is 0.444 e. The van der Waals surface area contributed by atoms with Gasteiger partial charge in [-0.05, 0) is 34.1 Å². The van der Waals surface area contributed by atoms with Gasteiger partial charge in [-0.1, -0.05) is 0 Å². The van der Waals surface area contributed by atoms with Crippen LogP contribution in [0.2, 0.25) is 0 Å². The molecule has 1 aromatic rings. The predicted octanol–water partition coefficient (Wildman–Crippen LogP) is 2.56. The Kier molecular flexibility index (Phi) is 4.22. The third kappa shape index (κ3) is 3.46. The topological polar surface area (TPSA) is 90.7 Å². The summed E-state index contributed by atoms with van der Waals surface area (Å²) in [7, 11) is -5.79. The second kappa shape index (κ2) is 5.76. The highest BCUT2D eigenvalue weighted by molar-refractivity contribution is 7.87. The molecule has 3 rings (SSSR count). The normalized spacial score (nSPS) is 21.7. The van der Waals surface area contributed by atoms with Crippen molar-refractivity contribution in [3.05, 3.63) is 11.8 Å². The fourth-order valence-corrected chi connectivity index (χ4v) is 3.89. The SMILES string of the molecule is CC1CC2(CN(C(=O)OC(C)(C)C)C2)c2cc(OS(=O)(=O)C(F)(F)F)nn21. The Labute approximate surface area is 154 Å². The summed E-state index contributed by atoms with van der Waals surface area (Å²) in [6.45, 7) is 7.67. The summed E-state index contributed by atoms with van der Waals surface area (Å²) < 4.78 is 70.7. The van der Waals surface area contributed by atoms with Gasteiger partial charge in [-0.2, -0.15) is 21.6 Å². The molecule has 27 heavy (non-hydrogen) atoms. The Morgan fingerprint density at radius 1 is 1.30 bits per heavy atom. The van der Waals surface area contributed by atoms with E-state index in [4.69, 9.17) is 4.74 Å². The Balaban J connectivity index is 1.78. The van der Waals surface area contributed by atoms with Crippen molar-refractivity contribution in [2.45, 2.75) is 56.7 Å². The molecule has 0 aliphatic carbocycles. The minimum absolute atomic E-state index is 0.174. The lowest BCUT2D eigenvalue weighted by Crippen LogP contribution is -2.61. The molecule has 1 spiro atoms. The molecule has 2 aliphatic rings. The second-order valence-electron chi connectivity index (χ2n) is 7.97. The van der Waals surface area contributed by atoms with E-state index in [0.29, 0.717) is 25.2 Å². The molecule has 1 aromatic heterocycles. The Bertz CT molecular complexity index is 866. The van der Waals surface area contributed by atoms with Crippen molar-refractivity contribution in [1.29, 1.82) is 0 Å². The number of amides is 1. The van der Waals surface area contributed by atoms with Crippen molar-refractivity contribution in [1.82, 2.24) is 14.7 Å². The first-order valence-corrected chi connectivity index (χ1v) is 9.63. The van der Waals surface area contributed by atoms with Crippen molar-refractivity contribution in [3.63, 3.8) is 0 Å². The van der Waals surface area contributed by atoms with Crippen LogP contribution < -0.4 is 4.18 Å². The summed E-state index contributed by atoms with van der Waals surface area (Å²) >= 11 is 0. The summed E-state index contributed by atoms with van der Waals surface area (Å²) in [5.41, 5.74) is -6.14. The van der Waals surface area contributed by atoms with Crippen LogP contribution in [0.3, 0.4) is 0 Å². The highest BCUT2D eigenvalue weighted by Crippen LogP contribution is 2.48. The molecule has 0 radical (unpaired) electrons. The predicted molar refractivity (Wildman–Crippen MR) is 86.6 cm³/mol. The van der Waals surface area contributed by atoms with Crippen molar-refractivity contribution < 1.29 is 35.3 Å². The standard InChI is InChI=1S/C15H20F3N3O5S/c1-9-6-14(7-20(8-14)12(22)25-13(2,3)4)10-5-11(19-21(9)10)26-27(23,24)15(16,17)18/h5,9H,6-8H2,1-4H3. The molecule has 1 amide bonds. The van der Waals surface area contributed by atoms with Gasteiger partial charge in [0, 0.05) is 24.6 Å². The number of hydrogen-bond acceptors (Lipinski definition) is 6. The lowest BCUT2D eigenvalue weighted by Gasteiger charge is -2.47. The molecular formula is C15H20F3N3O5S. The highest BCUT2D eigenvalue weighted by Gasteiger charge is 2.55. The fraction of sp³-hybridized carbons (Fsp3) is 0.733. The van der Waals surface area contributed by atoms with Gasteiger partial charge in [0.2, 0.25) is 0 Å². The van der Waals surface area contributed by atoms with Gasteiger partial charge in [0.05, 0.1) is 11.7 Å². The average molecular weight is 411 g/mol. The van der Waals surface area contributed by atoms with E-state index < -0.39 is 38.6 Å². The maximum atomic E-state index is 12.5. The minimum atomic E-state index is -5.79. The molecular weight excluding hydrogens is 391 g/mol. The van der Waals surface area contributed by atoms with E-state index in [1.54, 1.807) is 20.8 Å².